The molecule has 5 nitrogen and oxygen atoms in total. The van der Waals surface area contributed by atoms with Crippen LogP contribution in [0.15, 0.2) is 32.5 Å². The molecule has 1 atom stereocenters. The Kier molecular flexibility index (Phi) is 3.98. The summed E-state index contributed by atoms with van der Waals surface area (Å²) in [6, 6.07) is 3.36. The summed E-state index contributed by atoms with van der Waals surface area (Å²) in [6.07, 6.45) is 5.56. The second-order valence-corrected chi connectivity index (χ2v) is 9.26. The number of hydrogen-bond acceptors (Lipinski definition) is 4. The van der Waals surface area contributed by atoms with Crippen LogP contribution in [0.5, 0.6) is 0 Å². The van der Waals surface area contributed by atoms with E-state index in [1.54, 1.807) is 18.3 Å². The third-order valence-electron chi connectivity index (χ3n) is 3.43. The SMILES string of the molecule is O=S(=O)(NC[C@H]1CCn2ccnc2C1)c1ccc(Br)s1. The Morgan fingerprint density at radius 1 is 1.50 bits per heavy atom. The molecule has 3 rings (SSSR count). The van der Waals surface area contributed by atoms with Crippen molar-refractivity contribution in [2.24, 2.45) is 5.92 Å². The molecule has 0 bridgehead atoms. The molecule has 2 aromatic rings. The van der Waals surface area contributed by atoms with Crippen molar-refractivity contribution >= 4 is 37.3 Å². The van der Waals surface area contributed by atoms with Crippen LogP contribution < -0.4 is 4.72 Å². The van der Waals surface area contributed by atoms with Crippen molar-refractivity contribution in [2.45, 2.75) is 23.6 Å². The van der Waals surface area contributed by atoms with E-state index in [4.69, 9.17) is 0 Å². The summed E-state index contributed by atoms with van der Waals surface area (Å²) < 4.78 is 30.3. The van der Waals surface area contributed by atoms with E-state index in [2.05, 4.69) is 30.2 Å². The van der Waals surface area contributed by atoms with Gasteiger partial charge in [0.05, 0.1) is 3.79 Å². The number of aromatic nitrogens is 2. The number of imidazole rings is 1. The molecule has 0 amide bonds. The van der Waals surface area contributed by atoms with Crippen LogP contribution in [-0.4, -0.2) is 24.5 Å². The molecule has 1 aliphatic rings. The first-order valence-corrected chi connectivity index (χ1v) is 9.39. The van der Waals surface area contributed by atoms with Gasteiger partial charge in [-0.25, -0.2) is 18.1 Å². The summed E-state index contributed by atoms with van der Waals surface area (Å²) in [6.45, 7) is 1.37. The predicted octanol–water partition coefficient (Wildman–Crippen LogP) is 2.25. The van der Waals surface area contributed by atoms with Crippen molar-refractivity contribution in [1.29, 1.82) is 0 Å². The Bertz CT molecular complexity index is 708. The lowest BCUT2D eigenvalue weighted by Gasteiger charge is -2.23. The van der Waals surface area contributed by atoms with Crippen LogP contribution in [0.4, 0.5) is 0 Å². The number of fused-ring (bicyclic) bond motifs is 1. The van der Waals surface area contributed by atoms with E-state index in [0.29, 0.717) is 16.7 Å². The van der Waals surface area contributed by atoms with Gasteiger partial charge < -0.3 is 4.57 Å². The second-order valence-electron chi connectivity index (χ2n) is 4.81. The first-order chi connectivity index (χ1) is 9.54. The summed E-state index contributed by atoms with van der Waals surface area (Å²) in [7, 11) is -3.39. The summed E-state index contributed by atoms with van der Waals surface area (Å²) in [5.74, 6) is 1.35. The maximum absolute atomic E-state index is 12.1. The van der Waals surface area contributed by atoms with Gasteiger partial charge in [0.25, 0.3) is 0 Å². The van der Waals surface area contributed by atoms with Gasteiger partial charge in [0.15, 0.2) is 0 Å². The number of halogens is 1. The zero-order valence-electron chi connectivity index (χ0n) is 10.6. The molecule has 1 aliphatic heterocycles. The van der Waals surface area contributed by atoms with Crippen LogP contribution in [0.2, 0.25) is 0 Å². The third kappa shape index (κ3) is 2.98. The van der Waals surface area contributed by atoms with E-state index in [1.165, 1.54) is 11.3 Å². The van der Waals surface area contributed by atoms with Crippen molar-refractivity contribution in [2.75, 3.05) is 6.54 Å². The predicted molar refractivity (Wildman–Crippen MR) is 81.2 cm³/mol. The van der Waals surface area contributed by atoms with Gasteiger partial charge >= 0.3 is 0 Å². The van der Waals surface area contributed by atoms with E-state index in [-0.39, 0.29) is 0 Å². The van der Waals surface area contributed by atoms with Gasteiger partial charge in [-0.15, -0.1) is 11.3 Å². The topological polar surface area (TPSA) is 64.0 Å². The Morgan fingerprint density at radius 3 is 3.10 bits per heavy atom. The molecule has 108 valence electrons. The Hall–Kier alpha value is -0.700. The molecule has 1 N–H and O–H groups in total. The van der Waals surface area contributed by atoms with Gasteiger partial charge in [0, 0.05) is 31.9 Å². The van der Waals surface area contributed by atoms with E-state index < -0.39 is 10.0 Å². The monoisotopic (exact) mass is 375 g/mol. The largest absolute Gasteiger partial charge is 0.335 e. The van der Waals surface area contributed by atoms with Crippen molar-refractivity contribution < 1.29 is 8.42 Å². The molecule has 2 aromatic heterocycles. The van der Waals surface area contributed by atoms with E-state index in [9.17, 15) is 8.42 Å². The molecule has 0 unspecified atom stereocenters. The Labute approximate surface area is 130 Å². The summed E-state index contributed by atoms with van der Waals surface area (Å²) >= 11 is 4.50. The van der Waals surface area contributed by atoms with Crippen molar-refractivity contribution in [3.63, 3.8) is 0 Å². The lowest BCUT2D eigenvalue weighted by molar-refractivity contribution is 0.379. The van der Waals surface area contributed by atoms with Gasteiger partial charge in [-0.05, 0) is 40.4 Å². The molecule has 3 heterocycles. The van der Waals surface area contributed by atoms with E-state index >= 15 is 0 Å². The van der Waals surface area contributed by atoms with Crippen LogP contribution in [0.25, 0.3) is 0 Å². The lowest BCUT2D eigenvalue weighted by Crippen LogP contribution is -2.32. The van der Waals surface area contributed by atoms with Crippen molar-refractivity contribution in [3.05, 3.63) is 34.1 Å². The highest BCUT2D eigenvalue weighted by molar-refractivity contribution is 9.11. The number of sulfonamides is 1. The van der Waals surface area contributed by atoms with Gasteiger partial charge in [0.2, 0.25) is 10.0 Å². The van der Waals surface area contributed by atoms with Crippen molar-refractivity contribution in [1.82, 2.24) is 14.3 Å². The highest BCUT2D eigenvalue weighted by atomic mass is 79.9. The Morgan fingerprint density at radius 2 is 2.35 bits per heavy atom. The number of aryl methyl sites for hydroxylation is 1. The summed E-state index contributed by atoms with van der Waals surface area (Å²) in [4.78, 5) is 4.29. The molecular formula is C12H14BrN3O2S2. The first-order valence-electron chi connectivity index (χ1n) is 6.29. The van der Waals surface area contributed by atoms with E-state index in [1.807, 2.05) is 6.20 Å². The second kappa shape index (κ2) is 5.59. The number of nitrogens with zero attached hydrogens (tertiary/aromatic N) is 2. The zero-order valence-corrected chi connectivity index (χ0v) is 13.8. The van der Waals surface area contributed by atoms with Gasteiger partial charge in [-0.3, -0.25) is 0 Å². The van der Waals surface area contributed by atoms with Gasteiger partial charge in [0.1, 0.15) is 10.0 Å². The quantitative estimate of drug-likeness (QED) is 0.890. The molecular weight excluding hydrogens is 362 g/mol. The molecule has 0 saturated heterocycles. The average molecular weight is 376 g/mol. The fourth-order valence-electron chi connectivity index (χ4n) is 2.33. The molecule has 0 aliphatic carbocycles. The fraction of sp³-hybridized carbons (Fsp3) is 0.417. The molecule has 20 heavy (non-hydrogen) atoms. The smallest absolute Gasteiger partial charge is 0.250 e. The van der Waals surface area contributed by atoms with Crippen molar-refractivity contribution in [3.8, 4) is 0 Å². The summed E-state index contributed by atoms with van der Waals surface area (Å²) in [5, 5.41) is 0. The maximum atomic E-state index is 12.1. The fourth-order valence-corrected chi connectivity index (χ4v) is 5.50. The molecule has 0 spiro atoms. The van der Waals surface area contributed by atoms with Gasteiger partial charge in [-0.1, -0.05) is 0 Å². The zero-order chi connectivity index (χ0) is 14.2. The first kappa shape index (κ1) is 14.2. The van der Waals surface area contributed by atoms with Crippen LogP contribution in [-0.2, 0) is 23.0 Å². The average Bonchev–Trinajstić information content (AvgIpc) is 3.04. The van der Waals surface area contributed by atoms with Crippen LogP contribution in [0.1, 0.15) is 12.2 Å². The minimum atomic E-state index is -3.39. The molecule has 0 fully saturated rings. The lowest BCUT2D eigenvalue weighted by atomic mass is 9.98. The van der Waals surface area contributed by atoms with Gasteiger partial charge in [-0.2, -0.15) is 0 Å². The minimum Gasteiger partial charge on any atom is -0.335 e. The standard InChI is InChI=1S/C12H14BrN3O2S2/c13-10-1-2-12(19-10)20(17,18)15-8-9-3-5-16-6-4-14-11(16)7-9/h1-2,4,6,9,15H,3,5,7-8H2/t9-/m0/s1. The highest BCUT2D eigenvalue weighted by Crippen LogP contribution is 2.26. The normalized spacial score (nSPS) is 18.9. The minimum absolute atomic E-state index is 0.308. The number of hydrogen-bond donors (Lipinski definition) is 1. The van der Waals surface area contributed by atoms with Crippen LogP contribution in [0.3, 0.4) is 0 Å². The van der Waals surface area contributed by atoms with Crippen LogP contribution >= 0.6 is 27.3 Å². The molecule has 0 aromatic carbocycles. The highest BCUT2D eigenvalue weighted by Gasteiger charge is 2.22. The number of thiophene rings is 1. The summed E-state index contributed by atoms with van der Waals surface area (Å²) in [5.41, 5.74) is 0. The number of nitrogens with one attached hydrogen (secondary N) is 1. The number of rotatable bonds is 4. The maximum Gasteiger partial charge on any atom is 0.250 e. The van der Waals surface area contributed by atoms with E-state index in [0.717, 1.165) is 29.0 Å². The molecule has 8 heteroatoms. The molecule has 0 saturated carbocycles. The third-order valence-corrected chi connectivity index (χ3v) is 6.97. The molecule has 0 radical (unpaired) electrons. The Balaban J connectivity index is 1.63. The van der Waals surface area contributed by atoms with Crippen LogP contribution in [0, 0.1) is 5.92 Å².